The summed E-state index contributed by atoms with van der Waals surface area (Å²) in [6.45, 7) is 4.84. The Bertz CT molecular complexity index is 630. The van der Waals surface area contributed by atoms with Crippen molar-refractivity contribution in [2.45, 2.75) is 32.5 Å². The molecule has 0 radical (unpaired) electrons. The van der Waals surface area contributed by atoms with Crippen LogP contribution in [0, 0.1) is 0 Å². The maximum atomic E-state index is 11.4. The summed E-state index contributed by atoms with van der Waals surface area (Å²) < 4.78 is 12.0. The number of methoxy groups -OCH3 is 1. The average Bonchev–Trinajstić information content (AvgIpc) is 2.83. The fourth-order valence-electron chi connectivity index (χ4n) is 2.01. The van der Waals surface area contributed by atoms with E-state index in [1.54, 1.807) is 7.11 Å². The topological polar surface area (TPSA) is 55.8 Å². The molecule has 0 aliphatic rings. The second kappa shape index (κ2) is 6.56. The minimum Gasteiger partial charge on any atom is -0.477 e. The van der Waals surface area contributed by atoms with Gasteiger partial charge >= 0.3 is 5.97 Å². The highest BCUT2D eigenvalue weighted by atomic mass is 32.1. The second-order valence-corrected chi connectivity index (χ2v) is 6.53. The highest BCUT2D eigenvalue weighted by molar-refractivity contribution is 7.21. The first-order valence-electron chi connectivity index (χ1n) is 6.81. The first-order chi connectivity index (χ1) is 9.94. The van der Waals surface area contributed by atoms with Crippen LogP contribution in [0.4, 0.5) is 0 Å². The van der Waals surface area contributed by atoms with E-state index in [-0.39, 0.29) is 5.60 Å². The van der Waals surface area contributed by atoms with Gasteiger partial charge in [0.1, 0.15) is 4.88 Å². The number of fused-ring (bicyclic) bond motifs is 1. The summed E-state index contributed by atoms with van der Waals surface area (Å²) in [5, 5.41) is 10.3. The minimum absolute atomic E-state index is 0.230. The molecule has 5 heteroatoms. The summed E-state index contributed by atoms with van der Waals surface area (Å²) in [5.74, 6) is -0.896. The second-order valence-electron chi connectivity index (χ2n) is 5.48. The molecule has 1 heterocycles. The van der Waals surface area contributed by atoms with Crippen LogP contribution >= 0.6 is 11.3 Å². The van der Waals surface area contributed by atoms with Crippen molar-refractivity contribution in [1.82, 2.24) is 0 Å². The highest BCUT2D eigenvalue weighted by Gasteiger charge is 2.19. The number of benzene rings is 1. The van der Waals surface area contributed by atoms with E-state index >= 15 is 0 Å². The molecule has 0 unspecified atom stereocenters. The third kappa shape index (κ3) is 3.81. The largest absolute Gasteiger partial charge is 0.477 e. The van der Waals surface area contributed by atoms with Gasteiger partial charge in [-0.1, -0.05) is 18.2 Å². The van der Waals surface area contributed by atoms with Crippen molar-refractivity contribution in [3.63, 3.8) is 0 Å². The van der Waals surface area contributed by atoms with E-state index in [4.69, 9.17) is 9.47 Å². The zero-order valence-electron chi connectivity index (χ0n) is 12.5. The van der Waals surface area contributed by atoms with Crippen LogP contribution in [0.15, 0.2) is 24.3 Å². The molecule has 0 saturated heterocycles. The Labute approximate surface area is 128 Å². The van der Waals surface area contributed by atoms with Gasteiger partial charge in [0.2, 0.25) is 0 Å². The molecule has 0 bridgehead atoms. The monoisotopic (exact) mass is 308 g/mol. The van der Waals surface area contributed by atoms with Crippen LogP contribution in [0.3, 0.4) is 0 Å². The van der Waals surface area contributed by atoms with Gasteiger partial charge in [-0.2, -0.15) is 0 Å². The Balaban J connectivity index is 2.10. The summed E-state index contributed by atoms with van der Waals surface area (Å²) in [6, 6.07) is 7.70. The summed E-state index contributed by atoms with van der Waals surface area (Å²) >= 11 is 1.30. The molecule has 0 atom stereocenters. The maximum absolute atomic E-state index is 11.4. The predicted molar refractivity (Wildman–Crippen MR) is 84.1 cm³/mol. The number of hydrogen-bond acceptors (Lipinski definition) is 4. The zero-order valence-corrected chi connectivity index (χ0v) is 13.3. The molecule has 1 aromatic carbocycles. The number of carboxylic acid groups (broad SMARTS) is 1. The molecule has 114 valence electrons. The van der Waals surface area contributed by atoms with Gasteiger partial charge in [-0.25, -0.2) is 4.79 Å². The Kier molecular flexibility index (Phi) is 4.98. The predicted octanol–water partition coefficient (Wildman–Crippen LogP) is 3.93. The summed E-state index contributed by atoms with van der Waals surface area (Å²) in [7, 11) is 1.68. The molecule has 21 heavy (non-hydrogen) atoms. The van der Waals surface area contributed by atoms with Gasteiger partial charge in [0.15, 0.2) is 0 Å². The molecule has 0 aliphatic carbocycles. The lowest BCUT2D eigenvalue weighted by Crippen LogP contribution is -2.24. The van der Waals surface area contributed by atoms with Crippen molar-refractivity contribution in [2.75, 3.05) is 13.7 Å². The van der Waals surface area contributed by atoms with E-state index in [1.165, 1.54) is 11.3 Å². The van der Waals surface area contributed by atoms with Crippen molar-refractivity contribution in [2.24, 2.45) is 0 Å². The summed E-state index contributed by atoms with van der Waals surface area (Å²) in [5.41, 5.74) is 0.533. The molecule has 0 fully saturated rings. The van der Waals surface area contributed by atoms with Crippen LogP contribution in [0.2, 0.25) is 0 Å². The molecule has 4 nitrogen and oxygen atoms in total. The van der Waals surface area contributed by atoms with Crippen LogP contribution in [0.5, 0.6) is 0 Å². The van der Waals surface area contributed by atoms with Crippen molar-refractivity contribution in [3.05, 3.63) is 34.7 Å². The summed E-state index contributed by atoms with van der Waals surface area (Å²) in [6.07, 6.45) is 0.758. The van der Waals surface area contributed by atoms with Crippen LogP contribution in [0.25, 0.3) is 10.1 Å². The quantitative estimate of drug-likeness (QED) is 0.787. The Morgan fingerprint density at radius 1 is 1.33 bits per heavy atom. The number of ether oxygens (including phenoxy) is 2. The van der Waals surface area contributed by atoms with Gasteiger partial charge in [-0.15, -0.1) is 11.3 Å². The van der Waals surface area contributed by atoms with Crippen LogP contribution < -0.4 is 0 Å². The highest BCUT2D eigenvalue weighted by Crippen LogP contribution is 2.32. The number of carbonyl (C=O) groups is 1. The van der Waals surface area contributed by atoms with Gasteiger partial charge < -0.3 is 14.6 Å². The van der Waals surface area contributed by atoms with E-state index in [2.05, 4.69) is 0 Å². The third-order valence-electron chi connectivity index (χ3n) is 3.54. The molecule has 2 rings (SSSR count). The van der Waals surface area contributed by atoms with Crippen LogP contribution in [-0.4, -0.2) is 30.4 Å². The first-order valence-corrected chi connectivity index (χ1v) is 7.63. The van der Waals surface area contributed by atoms with Gasteiger partial charge in [0, 0.05) is 24.0 Å². The number of rotatable bonds is 7. The van der Waals surface area contributed by atoms with E-state index in [0.29, 0.717) is 18.1 Å². The van der Waals surface area contributed by atoms with Gasteiger partial charge in [0.25, 0.3) is 0 Å². The molecule has 2 aromatic rings. The number of carboxylic acids is 1. The molecular weight excluding hydrogens is 288 g/mol. The van der Waals surface area contributed by atoms with Crippen LogP contribution in [-0.2, 0) is 16.1 Å². The van der Waals surface area contributed by atoms with Crippen molar-refractivity contribution in [3.8, 4) is 0 Å². The maximum Gasteiger partial charge on any atom is 0.346 e. The minimum atomic E-state index is -0.896. The van der Waals surface area contributed by atoms with Gasteiger partial charge in [-0.3, -0.25) is 0 Å². The molecule has 0 amide bonds. The number of thiophene rings is 1. The lowest BCUT2D eigenvalue weighted by Gasteiger charge is -2.22. The van der Waals surface area contributed by atoms with E-state index in [9.17, 15) is 9.90 Å². The smallest absolute Gasteiger partial charge is 0.346 e. The molecule has 1 N–H and O–H groups in total. The molecule has 1 aromatic heterocycles. The van der Waals surface area contributed by atoms with E-state index in [1.807, 2.05) is 38.1 Å². The van der Waals surface area contributed by atoms with Gasteiger partial charge in [-0.05, 0) is 31.7 Å². The van der Waals surface area contributed by atoms with Crippen molar-refractivity contribution in [1.29, 1.82) is 0 Å². The van der Waals surface area contributed by atoms with Gasteiger partial charge in [0.05, 0.1) is 12.2 Å². The first kappa shape index (κ1) is 15.9. The lowest BCUT2D eigenvalue weighted by atomic mass is 10.1. The Morgan fingerprint density at radius 3 is 2.71 bits per heavy atom. The number of aromatic carboxylic acids is 1. The molecular formula is C16H20O4S. The lowest BCUT2D eigenvalue weighted by molar-refractivity contribution is -0.0124. The fraction of sp³-hybridized carbons (Fsp3) is 0.438. The Morgan fingerprint density at radius 2 is 2.05 bits per heavy atom. The Hall–Kier alpha value is -1.43. The van der Waals surface area contributed by atoms with E-state index in [0.717, 1.165) is 22.1 Å². The average molecular weight is 308 g/mol. The van der Waals surface area contributed by atoms with Crippen molar-refractivity contribution >= 4 is 27.4 Å². The normalized spacial score (nSPS) is 12.0. The van der Waals surface area contributed by atoms with Crippen molar-refractivity contribution < 1.29 is 19.4 Å². The molecule has 0 spiro atoms. The third-order valence-corrected chi connectivity index (χ3v) is 4.74. The number of hydrogen-bond donors (Lipinski definition) is 1. The molecule has 0 saturated carbocycles. The summed E-state index contributed by atoms with van der Waals surface area (Å²) in [4.78, 5) is 11.7. The van der Waals surface area contributed by atoms with E-state index < -0.39 is 5.97 Å². The van der Waals surface area contributed by atoms with Crippen LogP contribution in [0.1, 0.15) is 35.5 Å². The standard InChI is InChI=1S/C16H20O4S/c1-16(2,19-3)8-9-20-10-12-11-6-4-5-7-13(11)21-14(12)15(17)18/h4-7H,8-10H2,1-3H3,(H,17,18). The molecule has 0 aliphatic heterocycles. The zero-order chi connectivity index (χ0) is 15.5. The SMILES string of the molecule is COC(C)(C)CCOCc1c(C(=O)O)sc2ccccc12. The fourth-order valence-corrected chi connectivity index (χ4v) is 3.06.